The number of halogens is 2. The number of nitrogens with two attached hydrogens (primary N) is 1. The summed E-state index contributed by atoms with van der Waals surface area (Å²) >= 11 is 1.50. The third-order valence-corrected chi connectivity index (χ3v) is 8.92. The van der Waals surface area contributed by atoms with Crippen molar-refractivity contribution in [2.45, 2.75) is 69.6 Å². The number of pyridine rings is 1. The van der Waals surface area contributed by atoms with Crippen LogP contribution in [0.25, 0.3) is 10.1 Å². The second kappa shape index (κ2) is 11.4. The molecule has 4 heterocycles. The monoisotopic (exact) mass is 608 g/mol. The van der Waals surface area contributed by atoms with Gasteiger partial charge in [0.05, 0.1) is 12.7 Å². The van der Waals surface area contributed by atoms with Gasteiger partial charge in [0, 0.05) is 45.5 Å². The van der Waals surface area contributed by atoms with Crippen LogP contribution < -0.4 is 26.7 Å². The smallest absolute Gasteiger partial charge is 0.278 e. The highest BCUT2D eigenvalue weighted by Gasteiger charge is 2.38. The molecular formula is C30H30F2N6O4S. The standard InChI is InChI=1S/C30H30F2N6O4S/c1-16-9-23(28(40)36-14-21-10-18-13-34-25(33)11-24(18)43-21)38-26(16)35-15-22(29(38)41)37-27(39)17-4-6-19(7-5-17)42-20-3-2-8-30(31,32)12-20/h4-7,10-11,13,15-16,20,23H,2-3,8-9,12,14H2,1H3,(H2,33,34)(H,36,40)(H,37,39)/t16-,20?,23+/m1/s1. The number of benzene rings is 1. The number of fused-ring (bicyclic) bond motifs is 2. The molecule has 1 aromatic carbocycles. The lowest BCUT2D eigenvalue weighted by Gasteiger charge is -2.29. The molecule has 1 unspecified atom stereocenters. The highest BCUT2D eigenvalue weighted by molar-refractivity contribution is 7.19. The summed E-state index contributed by atoms with van der Waals surface area (Å²) in [5.74, 6) is -2.46. The van der Waals surface area contributed by atoms with Crippen molar-refractivity contribution in [2.75, 3.05) is 11.1 Å². The van der Waals surface area contributed by atoms with Crippen molar-refractivity contribution in [2.24, 2.45) is 0 Å². The Hall–Kier alpha value is -4.39. The third kappa shape index (κ3) is 6.07. The second-order valence-corrected chi connectivity index (χ2v) is 12.3. The van der Waals surface area contributed by atoms with Gasteiger partial charge in [-0.05, 0) is 55.7 Å². The summed E-state index contributed by atoms with van der Waals surface area (Å²) < 4.78 is 35.4. The van der Waals surface area contributed by atoms with E-state index in [1.54, 1.807) is 24.4 Å². The molecule has 10 nitrogen and oxygen atoms in total. The normalized spacial score (nSPS) is 20.9. The first-order valence-electron chi connectivity index (χ1n) is 14.1. The van der Waals surface area contributed by atoms with Crippen molar-refractivity contribution < 1.29 is 23.1 Å². The van der Waals surface area contributed by atoms with Crippen LogP contribution in [0.4, 0.5) is 20.3 Å². The van der Waals surface area contributed by atoms with Crippen molar-refractivity contribution in [1.82, 2.24) is 19.9 Å². The zero-order valence-corrected chi connectivity index (χ0v) is 24.1. The first-order chi connectivity index (χ1) is 20.6. The Morgan fingerprint density at radius 3 is 2.74 bits per heavy atom. The van der Waals surface area contributed by atoms with E-state index in [9.17, 15) is 23.2 Å². The average molecular weight is 609 g/mol. The van der Waals surface area contributed by atoms with Crippen LogP contribution in [0, 0.1) is 0 Å². The van der Waals surface area contributed by atoms with Crippen LogP contribution >= 0.6 is 11.3 Å². The summed E-state index contributed by atoms with van der Waals surface area (Å²) in [6.07, 6.45) is 3.27. The SMILES string of the molecule is C[C@@H]1C[C@@H](C(=O)NCc2cc3cnc(N)cc3s2)n2c1ncc(NC(=O)c1ccc(OC3CCCC(F)(F)C3)cc1)c2=O. The van der Waals surface area contributed by atoms with Gasteiger partial charge in [-0.15, -0.1) is 11.3 Å². The number of aromatic nitrogens is 3. The predicted molar refractivity (Wildman–Crippen MR) is 159 cm³/mol. The van der Waals surface area contributed by atoms with E-state index in [0.717, 1.165) is 15.0 Å². The molecule has 3 aromatic heterocycles. The molecule has 4 N–H and O–H groups in total. The van der Waals surface area contributed by atoms with Gasteiger partial charge in [0.25, 0.3) is 17.4 Å². The highest BCUT2D eigenvalue weighted by atomic mass is 32.1. The van der Waals surface area contributed by atoms with Crippen LogP contribution in [0.1, 0.15) is 72.0 Å². The topological polar surface area (TPSA) is 141 Å². The minimum absolute atomic E-state index is 0.0555. The third-order valence-electron chi connectivity index (χ3n) is 7.83. The number of thiophene rings is 1. The fourth-order valence-corrected chi connectivity index (χ4v) is 6.71. The number of nitrogens with one attached hydrogen (secondary N) is 2. The number of carbonyl (C=O) groups is 2. The first kappa shape index (κ1) is 28.7. The molecule has 1 fully saturated rings. The zero-order valence-electron chi connectivity index (χ0n) is 23.3. The molecule has 224 valence electrons. The average Bonchev–Trinajstić information content (AvgIpc) is 3.53. The number of nitrogen functional groups attached to an aromatic ring is 1. The van der Waals surface area contributed by atoms with Gasteiger partial charge in [-0.3, -0.25) is 19.0 Å². The van der Waals surface area contributed by atoms with Gasteiger partial charge >= 0.3 is 0 Å². The molecule has 1 aliphatic heterocycles. The summed E-state index contributed by atoms with van der Waals surface area (Å²) in [5, 5.41) is 6.45. The fraction of sp³-hybridized carbons (Fsp3) is 0.367. The molecule has 4 aromatic rings. The van der Waals surface area contributed by atoms with Gasteiger partial charge in [0.2, 0.25) is 5.91 Å². The van der Waals surface area contributed by atoms with Crippen LogP contribution in [0.5, 0.6) is 5.75 Å². The van der Waals surface area contributed by atoms with Crippen molar-refractivity contribution in [3.63, 3.8) is 0 Å². The molecular weight excluding hydrogens is 578 g/mol. The summed E-state index contributed by atoms with van der Waals surface area (Å²) in [5.41, 5.74) is 5.43. The number of anilines is 2. The molecule has 2 amide bonds. The minimum atomic E-state index is -2.73. The predicted octanol–water partition coefficient (Wildman–Crippen LogP) is 5.01. The Balaban J connectivity index is 1.12. The molecule has 2 aliphatic rings. The maximum absolute atomic E-state index is 13.7. The molecule has 0 spiro atoms. The maximum Gasteiger partial charge on any atom is 0.278 e. The van der Waals surface area contributed by atoms with Crippen LogP contribution in [0.3, 0.4) is 0 Å². The minimum Gasteiger partial charge on any atom is -0.490 e. The molecule has 0 bridgehead atoms. The Labute approximate surface area is 249 Å². The number of alkyl halides is 2. The Morgan fingerprint density at radius 1 is 1.19 bits per heavy atom. The lowest BCUT2D eigenvalue weighted by molar-refractivity contribution is -0.124. The van der Waals surface area contributed by atoms with E-state index in [-0.39, 0.29) is 42.5 Å². The maximum atomic E-state index is 13.7. The summed E-state index contributed by atoms with van der Waals surface area (Å²) in [7, 11) is 0. The molecule has 43 heavy (non-hydrogen) atoms. The van der Waals surface area contributed by atoms with E-state index in [4.69, 9.17) is 10.5 Å². The second-order valence-electron chi connectivity index (χ2n) is 11.1. The van der Waals surface area contributed by atoms with Crippen molar-refractivity contribution >= 4 is 44.7 Å². The van der Waals surface area contributed by atoms with Crippen molar-refractivity contribution in [3.8, 4) is 5.75 Å². The number of hydrogen-bond acceptors (Lipinski definition) is 8. The number of amides is 2. The number of nitrogens with zero attached hydrogens (tertiary/aromatic N) is 3. The van der Waals surface area contributed by atoms with E-state index in [0.29, 0.717) is 36.7 Å². The first-order valence-corrected chi connectivity index (χ1v) is 14.9. The molecule has 1 saturated carbocycles. The molecule has 3 atom stereocenters. The molecule has 0 saturated heterocycles. The van der Waals surface area contributed by atoms with Gasteiger partial charge < -0.3 is 21.1 Å². The van der Waals surface area contributed by atoms with Crippen LogP contribution in [0.2, 0.25) is 0 Å². The van der Waals surface area contributed by atoms with Gasteiger partial charge in [0.15, 0.2) is 0 Å². The van der Waals surface area contributed by atoms with Crippen LogP contribution in [0.15, 0.2) is 53.6 Å². The van der Waals surface area contributed by atoms with Gasteiger partial charge in [0.1, 0.15) is 35.2 Å². The molecule has 1 aliphatic carbocycles. The Morgan fingerprint density at radius 2 is 1.98 bits per heavy atom. The Bertz CT molecular complexity index is 1760. The van der Waals surface area contributed by atoms with E-state index in [1.807, 2.05) is 13.0 Å². The van der Waals surface area contributed by atoms with E-state index >= 15 is 0 Å². The number of hydrogen-bond donors (Lipinski definition) is 3. The summed E-state index contributed by atoms with van der Waals surface area (Å²) in [4.78, 5) is 49.1. The van der Waals surface area contributed by atoms with Crippen LogP contribution in [-0.4, -0.2) is 38.4 Å². The number of rotatable bonds is 7. The van der Waals surface area contributed by atoms with E-state index < -0.39 is 29.5 Å². The zero-order chi connectivity index (χ0) is 30.3. The van der Waals surface area contributed by atoms with Gasteiger partial charge in [-0.1, -0.05) is 6.92 Å². The quantitative estimate of drug-likeness (QED) is 0.268. The van der Waals surface area contributed by atoms with Crippen molar-refractivity contribution in [3.05, 3.63) is 75.4 Å². The van der Waals surface area contributed by atoms with Gasteiger partial charge in [-0.25, -0.2) is 18.7 Å². The summed E-state index contributed by atoms with van der Waals surface area (Å²) in [6, 6.07) is 9.02. The summed E-state index contributed by atoms with van der Waals surface area (Å²) in [6.45, 7) is 2.17. The highest BCUT2D eigenvalue weighted by Crippen LogP contribution is 2.36. The number of carbonyl (C=O) groups excluding carboxylic acids is 2. The van der Waals surface area contributed by atoms with E-state index in [2.05, 4.69) is 20.6 Å². The lowest BCUT2D eigenvalue weighted by Crippen LogP contribution is -2.36. The van der Waals surface area contributed by atoms with E-state index in [1.165, 1.54) is 34.2 Å². The van der Waals surface area contributed by atoms with Crippen LogP contribution in [-0.2, 0) is 11.3 Å². The molecule has 13 heteroatoms. The van der Waals surface area contributed by atoms with Crippen molar-refractivity contribution in [1.29, 1.82) is 0 Å². The Kier molecular flexibility index (Phi) is 7.59. The largest absolute Gasteiger partial charge is 0.490 e. The lowest BCUT2D eigenvalue weighted by atomic mass is 9.94. The fourth-order valence-electron chi connectivity index (χ4n) is 5.68. The molecule has 6 rings (SSSR count). The number of ether oxygens (including phenoxy) is 1. The van der Waals surface area contributed by atoms with Gasteiger partial charge in [-0.2, -0.15) is 0 Å². The molecule has 0 radical (unpaired) electrons.